The van der Waals surface area contributed by atoms with Crippen LogP contribution in [0.1, 0.15) is 24.0 Å². The zero-order chi connectivity index (χ0) is 17.6. The van der Waals surface area contributed by atoms with Crippen LogP contribution in [0.3, 0.4) is 0 Å². The monoisotopic (exact) mass is 345 g/mol. The number of carboxylic acids is 1. The molecule has 1 aliphatic rings. The average molecular weight is 345 g/mol. The number of hydrogen-bond donors (Lipinski definition) is 2. The van der Waals surface area contributed by atoms with Crippen molar-refractivity contribution in [2.24, 2.45) is 0 Å². The summed E-state index contributed by atoms with van der Waals surface area (Å²) < 4.78 is 13.1. The molecule has 0 saturated heterocycles. The summed E-state index contributed by atoms with van der Waals surface area (Å²) in [7, 11) is 0. The van der Waals surface area contributed by atoms with Gasteiger partial charge >= 0.3 is 5.97 Å². The van der Waals surface area contributed by atoms with Gasteiger partial charge in [-0.1, -0.05) is 6.07 Å². The second-order valence-electron chi connectivity index (χ2n) is 6.20. The lowest BCUT2D eigenvalue weighted by Gasteiger charge is -2.18. The summed E-state index contributed by atoms with van der Waals surface area (Å²) in [5, 5.41) is 16.6. The van der Waals surface area contributed by atoms with Crippen molar-refractivity contribution in [2.45, 2.75) is 38.9 Å². The number of fused-ring (bicyclic) bond motifs is 1. The molecule has 0 aliphatic carbocycles. The van der Waals surface area contributed by atoms with Crippen molar-refractivity contribution in [1.29, 1.82) is 0 Å². The van der Waals surface area contributed by atoms with Crippen molar-refractivity contribution < 1.29 is 19.4 Å². The Labute approximate surface area is 146 Å². The fourth-order valence-electron chi connectivity index (χ4n) is 2.69. The quantitative estimate of drug-likeness (QED) is 0.833. The minimum absolute atomic E-state index is 0.272. The predicted molar refractivity (Wildman–Crippen MR) is 91.9 cm³/mol. The van der Waals surface area contributed by atoms with E-state index in [4.69, 9.17) is 9.47 Å². The van der Waals surface area contributed by atoms with E-state index in [0.29, 0.717) is 25.5 Å². The lowest BCUT2D eigenvalue weighted by molar-refractivity contribution is -0.140. The Morgan fingerprint density at radius 3 is 2.76 bits per heavy atom. The van der Waals surface area contributed by atoms with Crippen LogP contribution in [0.2, 0.25) is 0 Å². The Morgan fingerprint density at radius 2 is 2.08 bits per heavy atom. The molecule has 2 aromatic rings. The molecule has 7 heteroatoms. The minimum Gasteiger partial charge on any atom is -0.490 e. The molecule has 1 aliphatic heterocycles. The highest BCUT2D eigenvalue weighted by Gasteiger charge is 2.18. The smallest absolute Gasteiger partial charge is 0.322 e. The van der Waals surface area contributed by atoms with Crippen LogP contribution in [-0.2, 0) is 17.9 Å². The van der Waals surface area contributed by atoms with Crippen molar-refractivity contribution in [3.8, 4) is 11.5 Å². The summed E-state index contributed by atoms with van der Waals surface area (Å²) in [5.74, 6) is 0.554. The second kappa shape index (κ2) is 8.02. The van der Waals surface area contributed by atoms with Crippen molar-refractivity contribution in [1.82, 2.24) is 15.1 Å². The van der Waals surface area contributed by atoms with Gasteiger partial charge in [0.2, 0.25) is 0 Å². The molecule has 0 saturated carbocycles. The molecule has 25 heavy (non-hydrogen) atoms. The first-order valence-electron chi connectivity index (χ1n) is 8.45. The standard InChI is InChI=1S/C18H23N3O4/c1-13-9-20-21(11-13)12-15(18(22)23)19-10-14-4-5-16-17(8-14)25-7-3-2-6-24-16/h4-5,8-9,11,15,19H,2-3,6-7,10,12H2,1H3,(H,22,23). The van der Waals surface area contributed by atoms with Crippen molar-refractivity contribution in [3.05, 3.63) is 41.7 Å². The number of carboxylic acid groups (broad SMARTS) is 1. The summed E-state index contributed by atoms with van der Waals surface area (Å²) >= 11 is 0. The molecule has 3 rings (SSSR count). The van der Waals surface area contributed by atoms with Crippen LogP contribution in [0.25, 0.3) is 0 Å². The fourth-order valence-corrected chi connectivity index (χ4v) is 2.69. The highest BCUT2D eigenvalue weighted by Crippen LogP contribution is 2.30. The third-order valence-electron chi connectivity index (χ3n) is 4.04. The molecule has 0 fully saturated rings. The normalized spacial score (nSPS) is 15.2. The topological polar surface area (TPSA) is 85.6 Å². The maximum absolute atomic E-state index is 11.5. The van der Waals surface area contributed by atoms with Gasteiger partial charge in [0.15, 0.2) is 11.5 Å². The van der Waals surface area contributed by atoms with E-state index in [1.165, 1.54) is 0 Å². The predicted octanol–water partition coefficient (Wildman–Crippen LogP) is 1.99. The zero-order valence-corrected chi connectivity index (χ0v) is 14.3. The van der Waals surface area contributed by atoms with E-state index in [2.05, 4.69) is 10.4 Å². The van der Waals surface area contributed by atoms with E-state index in [1.54, 1.807) is 10.9 Å². The van der Waals surface area contributed by atoms with Crippen LogP contribution in [0.15, 0.2) is 30.6 Å². The lowest BCUT2D eigenvalue weighted by atomic mass is 10.1. The number of carbonyl (C=O) groups is 1. The molecule has 2 heterocycles. The van der Waals surface area contributed by atoms with E-state index < -0.39 is 12.0 Å². The minimum atomic E-state index is -0.904. The third-order valence-corrected chi connectivity index (χ3v) is 4.04. The van der Waals surface area contributed by atoms with Crippen molar-refractivity contribution in [3.63, 3.8) is 0 Å². The van der Waals surface area contributed by atoms with Gasteiger partial charge in [0.25, 0.3) is 0 Å². The first kappa shape index (κ1) is 17.3. The second-order valence-corrected chi connectivity index (χ2v) is 6.20. The number of benzene rings is 1. The summed E-state index contributed by atoms with van der Waals surface area (Å²) in [6.07, 6.45) is 5.49. The number of aryl methyl sites for hydroxylation is 1. The molecule has 1 unspecified atom stereocenters. The number of nitrogens with one attached hydrogen (secondary N) is 1. The molecule has 1 aromatic heterocycles. The van der Waals surface area contributed by atoms with E-state index in [9.17, 15) is 9.90 Å². The van der Waals surface area contributed by atoms with Crippen molar-refractivity contribution in [2.75, 3.05) is 13.2 Å². The van der Waals surface area contributed by atoms with Crippen LogP contribution in [0.5, 0.6) is 11.5 Å². The van der Waals surface area contributed by atoms with E-state index >= 15 is 0 Å². The molecular formula is C18H23N3O4. The number of hydrogen-bond acceptors (Lipinski definition) is 5. The SMILES string of the molecule is Cc1cnn(CC(NCc2ccc3c(c2)OCCCCO3)C(=O)O)c1. The molecule has 0 bridgehead atoms. The van der Waals surface area contributed by atoms with Crippen LogP contribution >= 0.6 is 0 Å². The highest BCUT2D eigenvalue weighted by atomic mass is 16.5. The summed E-state index contributed by atoms with van der Waals surface area (Å²) in [5.41, 5.74) is 1.95. The van der Waals surface area contributed by atoms with Crippen LogP contribution < -0.4 is 14.8 Å². The van der Waals surface area contributed by atoms with Gasteiger partial charge in [-0.3, -0.25) is 14.8 Å². The van der Waals surface area contributed by atoms with Gasteiger partial charge in [-0.25, -0.2) is 0 Å². The Balaban J connectivity index is 1.64. The van der Waals surface area contributed by atoms with Crippen LogP contribution in [0, 0.1) is 6.92 Å². The largest absolute Gasteiger partial charge is 0.490 e. The summed E-state index contributed by atoms with van der Waals surface area (Å²) in [6.45, 7) is 3.98. The Bertz CT molecular complexity index is 729. The number of ether oxygens (including phenoxy) is 2. The van der Waals surface area contributed by atoms with Crippen LogP contribution in [-0.4, -0.2) is 40.1 Å². The molecule has 0 radical (unpaired) electrons. The van der Waals surface area contributed by atoms with Gasteiger partial charge in [0.05, 0.1) is 26.0 Å². The van der Waals surface area contributed by atoms with Gasteiger partial charge in [0.1, 0.15) is 6.04 Å². The number of aromatic nitrogens is 2. The summed E-state index contributed by atoms with van der Waals surface area (Å²) in [4.78, 5) is 11.5. The van der Waals surface area contributed by atoms with Gasteiger partial charge in [-0.2, -0.15) is 5.10 Å². The maximum atomic E-state index is 11.5. The lowest BCUT2D eigenvalue weighted by Crippen LogP contribution is -2.39. The summed E-state index contributed by atoms with van der Waals surface area (Å²) in [6, 6.07) is 4.99. The van der Waals surface area contributed by atoms with Gasteiger partial charge in [-0.15, -0.1) is 0 Å². The molecule has 0 spiro atoms. The first-order valence-corrected chi connectivity index (χ1v) is 8.45. The van der Waals surface area contributed by atoms with Gasteiger partial charge in [0, 0.05) is 12.7 Å². The van der Waals surface area contributed by atoms with Crippen LogP contribution in [0.4, 0.5) is 0 Å². The van der Waals surface area contributed by atoms with E-state index in [0.717, 1.165) is 29.7 Å². The first-order chi connectivity index (χ1) is 12.1. The molecule has 134 valence electrons. The number of nitrogens with zero attached hydrogens (tertiary/aromatic N) is 2. The van der Waals surface area contributed by atoms with Crippen molar-refractivity contribution >= 4 is 5.97 Å². The molecule has 0 amide bonds. The Kier molecular flexibility index (Phi) is 5.55. The highest BCUT2D eigenvalue weighted by molar-refractivity contribution is 5.73. The zero-order valence-electron chi connectivity index (χ0n) is 14.3. The van der Waals surface area contributed by atoms with E-state index in [-0.39, 0.29) is 6.54 Å². The average Bonchev–Trinajstić information content (AvgIpc) is 2.97. The number of aliphatic carboxylic acids is 1. The molecule has 1 atom stereocenters. The fraction of sp³-hybridized carbons (Fsp3) is 0.444. The molecule has 7 nitrogen and oxygen atoms in total. The Morgan fingerprint density at radius 1 is 1.32 bits per heavy atom. The van der Waals surface area contributed by atoms with E-state index in [1.807, 2.05) is 31.3 Å². The molecular weight excluding hydrogens is 322 g/mol. The Hall–Kier alpha value is -2.54. The third kappa shape index (κ3) is 4.73. The molecule has 2 N–H and O–H groups in total. The van der Waals surface area contributed by atoms with Gasteiger partial charge in [-0.05, 0) is 43.0 Å². The molecule has 1 aromatic carbocycles. The van der Waals surface area contributed by atoms with Gasteiger partial charge < -0.3 is 14.6 Å². The maximum Gasteiger partial charge on any atom is 0.322 e. The number of rotatable bonds is 6.